The molecule has 1 heterocycles. The molecule has 1 rings (SSSR count). The van der Waals surface area contributed by atoms with Crippen molar-refractivity contribution in [1.82, 2.24) is 5.32 Å². The van der Waals surface area contributed by atoms with Gasteiger partial charge in [-0.1, -0.05) is 6.58 Å². The van der Waals surface area contributed by atoms with Crippen molar-refractivity contribution in [3.8, 4) is 0 Å². The number of ether oxygens (including phenoxy) is 1. The van der Waals surface area contributed by atoms with E-state index in [1.54, 1.807) is 0 Å². The number of carbonyl (C=O) groups is 2. The Labute approximate surface area is 64.2 Å². The minimum Gasteiger partial charge on any atom is -0.460 e. The van der Waals surface area contributed by atoms with Crippen LogP contribution in [0.15, 0.2) is 12.2 Å². The predicted molar refractivity (Wildman–Crippen MR) is 37.7 cm³/mol. The van der Waals surface area contributed by atoms with Crippen molar-refractivity contribution < 1.29 is 14.3 Å². The van der Waals surface area contributed by atoms with Gasteiger partial charge < -0.3 is 10.1 Å². The minimum absolute atomic E-state index is 0.186. The van der Waals surface area contributed by atoms with Gasteiger partial charge in [0.25, 0.3) is 0 Å². The van der Waals surface area contributed by atoms with Gasteiger partial charge in [0, 0.05) is 6.92 Å². The Morgan fingerprint density at radius 1 is 1.82 bits per heavy atom. The molecule has 1 aliphatic heterocycles. The smallest absolute Gasteiger partial charge is 0.335 e. The van der Waals surface area contributed by atoms with Crippen LogP contribution in [0.3, 0.4) is 0 Å². The van der Waals surface area contributed by atoms with Gasteiger partial charge in [0.1, 0.15) is 6.61 Å². The molecule has 0 radical (unpaired) electrons. The lowest BCUT2D eigenvalue weighted by molar-refractivity contribution is -0.135. The van der Waals surface area contributed by atoms with Gasteiger partial charge in [0.2, 0.25) is 5.91 Å². The van der Waals surface area contributed by atoms with Gasteiger partial charge in [-0.05, 0) is 0 Å². The van der Waals surface area contributed by atoms with Crippen molar-refractivity contribution in [1.29, 1.82) is 0 Å². The van der Waals surface area contributed by atoms with Crippen molar-refractivity contribution in [2.24, 2.45) is 0 Å². The van der Waals surface area contributed by atoms with Gasteiger partial charge in [-0.15, -0.1) is 0 Å². The highest BCUT2D eigenvalue weighted by Gasteiger charge is 2.28. The van der Waals surface area contributed by atoms with Crippen molar-refractivity contribution >= 4 is 11.9 Å². The predicted octanol–water partition coefficient (Wildman–Crippen LogP) is -0.396. The zero-order chi connectivity index (χ0) is 8.43. The second kappa shape index (κ2) is 2.74. The van der Waals surface area contributed by atoms with Crippen LogP contribution in [0.2, 0.25) is 0 Å². The number of rotatable bonds is 1. The maximum absolute atomic E-state index is 10.7. The summed E-state index contributed by atoms with van der Waals surface area (Å²) in [7, 11) is 0. The van der Waals surface area contributed by atoms with Gasteiger partial charge in [-0.3, -0.25) is 4.79 Å². The zero-order valence-electron chi connectivity index (χ0n) is 6.22. The number of carbonyl (C=O) groups excluding carboxylic acids is 2. The molecule has 0 aromatic rings. The highest BCUT2D eigenvalue weighted by molar-refractivity contribution is 5.92. The highest BCUT2D eigenvalue weighted by Crippen LogP contribution is 2.11. The molecule has 11 heavy (non-hydrogen) atoms. The summed E-state index contributed by atoms with van der Waals surface area (Å²) in [6.45, 7) is 5.07. The Bertz CT molecular complexity index is 222. The van der Waals surface area contributed by atoms with Crippen LogP contribution in [-0.4, -0.2) is 24.5 Å². The molecule has 1 aliphatic rings. The molecule has 0 aromatic carbocycles. The van der Waals surface area contributed by atoms with E-state index in [0.717, 1.165) is 0 Å². The summed E-state index contributed by atoms with van der Waals surface area (Å²) in [6, 6.07) is -0.333. The van der Waals surface area contributed by atoms with Crippen molar-refractivity contribution in [2.45, 2.75) is 13.0 Å². The topological polar surface area (TPSA) is 55.4 Å². The lowest BCUT2D eigenvalue weighted by atomic mass is 10.2. The molecular formula is C7H9NO3. The monoisotopic (exact) mass is 155 g/mol. The van der Waals surface area contributed by atoms with Gasteiger partial charge in [-0.25, -0.2) is 4.79 Å². The standard InChI is InChI=1S/C7H9NO3/c1-4-6(8-5(2)9)3-11-7(4)10/h6H,1,3H2,2H3,(H,8,9)/t6-/m0/s1. The van der Waals surface area contributed by atoms with Crippen molar-refractivity contribution in [3.05, 3.63) is 12.2 Å². The van der Waals surface area contributed by atoms with E-state index in [4.69, 9.17) is 0 Å². The summed E-state index contributed by atoms with van der Waals surface area (Å²) < 4.78 is 4.63. The average Bonchev–Trinajstić information content (AvgIpc) is 2.18. The fourth-order valence-electron chi connectivity index (χ4n) is 0.869. The molecule has 0 spiro atoms. The van der Waals surface area contributed by atoms with Crippen LogP contribution in [0.4, 0.5) is 0 Å². The fraction of sp³-hybridized carbons (Fsp3) is 0.429. The Morgan fingerprint density at radius 2 is 2.45 bits per heavy atom. The van der Waals surface area contributed by atoms with E-state index in [2.05, 4.69) is 16.6 Å². The number of hydrogen-bond donors (Lipinski definition) is 1. The van der Waals surface area contributed by atoms with Crippen LogP contribution >= 0.6 is 0 Å². The van der Waals surface area contributed by atoms with E-state index in [9.17, 15) is 9.59 Å². The molecule has 4 heteroatoms. The Morgan fingerprint density at radius 3 is 2.82 bits per heavy atom. The fourth-order valence-corrected chi connectivity index (χ4v) is 0.869. The molecule has 0 saturated carbocycles. The number of esters is 1. The summed E-state index contributed by atoms with van der Waals surface area (Å²) in [4.78, 5) is 21.2. The number of cyclic esters (lactones) is 1. The maximum Gasteiger partial charge on any atom is 0.335 e. The van der Waals surface area contributed by atoms with E-state index in [1.165, 1.54) is 6.92 Å². The molecular weight excluding hydrogens is 146 g/mol. The lowest BCUT2D eigenvalue weighted by Crippen LogP contribution is -2.34. The van der Waals surface area contributed by atoms with Crippen LogP contribution < -0.4 is 5.32 Å². The highest BCUT2D eigenvalue weighted by atomic mass is 16.5. The van der Waals surface area contributed by atoms with Crippen LogP contribution in [-0.2, 0) is 14.3 Å². The second-order valence-corrected chi connectivity index (χ2v) is 2.38. The first-order chi connectivity index (χ1) is 5.11. The summed E-state index contributed by atoms with van der Waals surface area (Å²) >= 11 is 0. The molecule has 4 nitrogen and oxygen atoms in total. The van der Waals surface area contributed by atoms with E-state index >= 15 is 0 Å². The number of nitrogens with one attached hydrogen (secondary N) is 1. The first kappa shape index (κ1) is 7.78. The molecule has 1 atom stereocenters. The third-order valence-electron chi connectivity index (χ3n) is 1.44. The van der Waals surface area contributed by atoms with Crippen LogP contribution in [0.1, 0.15) is 6.92 Å². The van der Waals surface area contributed by atoms with Crippen LogP contribution in [0, 0.1) is 0 Å². The number of amides is 1. The van der Waals surface area contributed by atoms with E-state index < -0.39 is 5.97 Å². The van der Waals surface area contributed by atoms with Gasteiger partial charge in [0.15, 0.2) is 0 Å². The molecule has 0 aliphatic carbocycles. The van der Waals surface area contributed by atoms with E-state index in [0.29, 0.717) is 5.57 Å². The normalized spacial score (nSPS) is 23.2. The average molecular weight is 155 g/mol. The van der Waals surface area contributed by atoms with Gasteiger partial charge in [0.05, 0.1) is 11.6 Å². The minimum atomic E-state index is -0.427. The Hall–Kier alpha value is -1.32. The Balaban J connectivity index is 2.55. The largest absolute Gasteiger partial charge is 0.460 e. The molecule has 1 saturated heterocycles. The molecule has 0 bridgehead atoms. The molecule has 0 unspecified atom stereocenters. The zero-order valence-corrected chi connectivity index (χ0v) is 6.22. The summed E-state index contributed by atoms with van der Waals surface area (Å²) in [5.74, 6) is -0.613. The first-order valence-corrected chi connectivity index (χ1v) is 3.24. The Kier molecular flexibility index (Phi) is 1.94. The third-order valence-corrected chi connectivity index (χ3v) is 1.44. The summed E-state index contributed by atoms with van der Waals surface area (Å²) in [6.07, 6.45) is 0. The van der Waals surface area contributed by atoms with E-state index in [1.807, 2.05) is 0 Å². The quantitative estimate of drug-likeness (QED) is 0.414. The molecule has 1 N–H and O–H groups in total. The molecule has 0 aromatic heterocycles. The molecule has 60 valence electrons. The first-order valence-electron chi connectivity index (χ1n) is 3.24. The van der Waals surface area contributed by atoms with Gasteiger partial charge >= 0.3 is 5.97 Å². The SMILES string of the molecule is C=C1C(=O)OC[C@@H]1NC(C)=O. The number of hydrogen-bond acceptors (Lipinski definition) is 3. The van der Waals surface area contributed by atoms with Crippen molar-refractivity contribution in [3.63, 3.8) is 0 Å². The van der Waals surface area contributed by atoms with Crippen molar-refractivity contribution in [2.75, 3.05) is 6.61 Å². The van der Waals surface area contributed by atoms with Crippen LogP contribution in [0.5, 0.6) is 0 Å². The van der Waals surface area contributed by atoms with Gasteiger partial charge in [-0.2, -0.15) is 0 Å². The maximum atomic E-state index is 10.7. The second-order valence-electron chi connectivity index (χ2n) is 2.38. The van der Waals surface area contributed by atoms with Crippen LogP contribution in [0.25, 0.3) is 0 Å². The van der Waals surface area contributed by atoms with E-state index in [-0.39, 0.29) is 18.6 Å². The molecule has 1 amide bonds. The summed E-state index contributed by atoms with van der Waals surface area (Å²) in [5.41, 5.74) is 0.320. The third kappa shape index (κ3) is 1.58. The summed E-state index contributed by atoms with van der Waals surface area (Å²) in [5, 5.41) is 2.54. The molecule has 1 fully saturated rings. The lowest BCUT2D eigenvalue weighted by Gasteiger charge is -2.06.